The fraction of sp³-hybridized carbons (Fsp3) is 0.207. The van der Waals surface area contributed by atoms with Gasteiger partial charge in [-0.25, -0.2) is 0 Å². The molecule has 4 rings (SSSR count). The number of benzene rings is 3. The predicted octanol–water partition coefficient (Wildman–Crippen LogP) is 5.09. The van der Waals surface area contributed by atoms with E-state index in [1.807, 2.05) is 86.6 Å². The van der Waals surface area contributed by atoms with Crippen LogP contribution in [0.3, 0.4) is 0 Å². The Kier molecular flexibility index (Phi) is 7.69. The fourth-order valence-corrected chi connectivity index (χ4v) is 5.33. The molecule has 1 atom stereocenters. The van der Waals surface area contributed by atoms with Crippen molar-refractivity contribution in [3.8, 4) is 6.07 Å². The average molecular weight is 482 g/mol. The second-order valence-corrected chi connectivity index (χ2v) is 9.78. The molecule has 1 fully saturated rings. The Bertz CT molecular complexity index is 1290. The number of nitriles is 1. The first-order valence-corrected chi connectivity index (χ1v) is 12.4. The monoisotopic (exact) mass is 481 g/mol. The van der Waals surface area contributed by atoms with Crippen molar-refractivity contribution >= 4 is 29.3 Å². The third kappa shape index (κ3) is 5.82. The number of carbonyl (C=O) groups is 2. The Hall–Kier alpha value is -3.82. The summed E-state index contributed by atoms with van der Waals surface area (Å²) >= 11 is 1.29. The van der Waals surface area contributed by atoms with Crippen molar-refractivity contribution < 1.29 is 9.59 Å². The molecule has 176 valence electrons. The molecular formula is C29H27N3O2S. The maximum Gasteiger partial charge on any atom is 0.264 e. The molecule has 1 unspecified atom stereocenters. The minimum atomic E-state index is -0.466. The summed E-state index contributed by atoms with van der Waals surface area (Å²) in [6.07, 6.45) is 1.18. The molecular weight excluding hydrogens is 454 g/mol. The van der Waals surface area contributed by atoms with E-state index in [2.05, 4.69) is 17.5 Å². The van der Waals surface area contributed by atoms with E-state index in [-0.39, 0.29) is 11.5 Å². The van der Waals surface area contributed by atoms with Gasteiger partial charge in [0, 0.05) is 12.2 Å². The smallest absolute Gasteiger partial charge is 0.264 e. The number of carbonyl (C=O) groups excluding carboxylic acids is 2. The van der Waals surface area contributed by atoms with Gasteiger partial charge >= 0.3 is 0 Å². The lowest BCUT2D eigenvalue weighted by molar-refractivity contribution is -0.117. The van der Waals surface area contributed by atoms with Crippen molar-refractivity contribution in [2.45, 2.75) is 31.9 Å². The van der Waals surface area contributed by atoms with Crippen LogP contribution in [0.15, 0.2) is 89.5 Å². The molecule has 1 N–H and O–H groups in total. The lowest BCUT2D eigenvalue weighted by atomic mass is 10.1. The number of rotatable bonds is 7. The summed E-state index contributed by atoms with van der Waals surface area (Å²) in [6, 6.07) is 27.5. The highest BCUT2D eigenvalue weighted by Gasteiger charge is 2.40. The van der Waals surface area contributed by atoms with Gasteiger partial charge < -0.3 is 5.32 Å². The number of amides is 2. The van der Waals surface area contributed by atoms with Gasteiger partial charge in [0.15, 0.2) is 0 Å². The minimum absolute atomic E-state index is 0.0382. The van der Waals surface area contributed by atoms with Crippen LogP contribution in [-0.4, -0.2) is 23.6 Å². The number of nitrogens with zero attached hydrogens (tertiary/aromatic N) is 2. The van der Waals surface area contributed by atoms with Gasteiger partial charge in [-0.2, -0.15) is 5.26 Å². The van der Waals surface area contributed by atoms with Crippen molar-refractivity contribution in [2.75, 3.05) is 11.4 Å². The average Bonchev–Trinajstić information content (AvgIpc) is 3.16. The predicted molar refractivity (Wildman–Crippen MR) is 141 cm³/mol. The zero-order valence-electron chi connectivity index (χ0n) is 19.8. The van der Waals surface area contributed by atoms with Gasteiger partial charge in [-0.15, -0.1) is 0 Å². The molecule has 0 bridgehead atoms. The molecule has 6 heteroatoms. The zero-order chi connectivity index (χ0) is 24.8. The van der Waals surface area contributed by atoms with E-state index in [9.17, 15) is 14.9 Å². The molecule has 0 saturated carbocycles. The summed E-state index contributed by atoms with van der Waals surface area (Å²) in [5, 5.41) is 12.8. The fourth-order valence-electron chi connectivity index (χ4n) is 4.02. The van der Waals surface area contributed by atoms with E-state index in [0.717, 1.165) is 22.3 Å². The van der Waals surface area contributed by atoms with E-state index in [1.54, 1.807) is 0 Å². The van der Waals surface area contributed by atoms with Crippen molar-refractivity contribution in [2.24, 2.45) is 0 Å². The molecule has 35 heavy (non-hydrogen) atoms. The number of anilines is 1. The molecule has 5 nitrogen and oxygen atoms in total. The van der Waals surface area contributed by atoms with Gasteiger partial charge in [0.1, 0.15) is 16.7 Å². The van der Waals surface area contributed by atoms with Gasteiger partial charge in [0.2, 0.25) is 5.91 Å². The van der Waals surface area contributed by atoms with Gasteiger partial charge in [0.25, 0.3) is 5.91 Å². The van der Waals surface area contributed by atoms with Crippen LogP contribution in [0.2, 0.25) is 0 Å². The lowest BCUT2D eigenvalue weighted by Gasteiger charge is -2.19. The number of hydrogen-bond donors (Lipinski definition) is 1. The first-order valence-electron chi connectivity index (χ1n) is 11.6. The summed E-state index contributed by atoms with van der Waals surface area (Å²) < 4.78 is 0. The molecule has 1 aliphatic rings. The Labute approximate surface area is 210 Å². The summed E-state index contributed by atoms with van der Waals surface area (Å²) in [7, 11) is 0. The number of aryl methyl sites for hydroxylation is 2. The van der Waals surface area contributed by atoms with E-state index in [4.69, 9.17) is 0 Å². The number of hydrogen-bond acceptors (Lipinski definition) is 4. The quantitative estimate of drug-likeness (QED) is 0.377. The molecule has 1 aliphatic heterocycles. The maximum absolute atomic E-state index is 13.6. The molecule has 3 aromatic carbocycles. The van der Waals surface area contributed by atoms with Crippen molar-refractivity contribution in [3.05, 3.63) is 112 Å². The van der Waals surface area contributed by atoms with E-state index in [1.165, 1.54) is 16.7 Å². The van der Waals surface area contributed by atoms with Crippen molar-refractivity contribution in [1.29, 1.82) is 5.26 Å². The van der Waals surface area contributed by atoms with Crippen LogP contribution in [0.25, 0.3) is 0 Å². The maximum atomic E-state index is 13.6. The van der Waals surface area contributed by atoms with Crippen molar-refractivity contribution in [1.82, 2.24) is 5.32 Å². The van der Waals surface area contributed by atoms with E-state index in [0.29, 0.717) is 30.1 Å². The highest BCUT2D eigenvalue weighted by atomic mass is 32.2. The number of thioether (sulfide) groups is 1. The van der Waals surface area contributed by atoms with Gasteiger partial charge in [-0.05, 0) is 49.9 Å². The molecule has 0 spiro atoms. The largest absolute Gasteiger partial charge is 0.351 e. The standard InChI is InChI=1S/C29H27N3O2S/c1-20-11-13-24(14-12-20)32-28(34)26(18-23-10-6-7-21(2)17-23)35-29(32)25(19-30)27(33)31-16-15-22-8-4-3-5-9-22/h3-14,17,26H,15-16,18H2,1-2H3,(H,31,33)/b29-25-. The Balaban J connectivity index is 1.62. The minimum Gasteiger partial charge on any atom is -0.351 e. The molecule has 1 saturated heterocycles. The lowest BCUT2D eigenvalue weighted by Crippen LogP contribution is -2.32. The first kappa shape index (κ1) is 24.3. The van der Waals surface area contributed by atoms with E-state index < -0.39 is 11.2 Å². The second-order valence-electron chi connectivity index (χ2n) is 8.59. The zero-order valence-corrected chi connectivity index (χ0v) is 20.6. The van der Waals surface area contributed by atoms with E-state index >= 15 is 0 Å². The van der Waals surface area contributed by atoms with Gasteiger partial charge in [0.05, 0.1) is 5.25 Å². The van der Waals surface area contributed by atoms with Gasteiger partial charge in [-0.3, -0.25) is 14.5 Å². The molecule has 2 amide bonds. The SMILES string of the molecule is Cc1ccc(N2C(=O)C(Cc3cccc(C)c3)S/C2=C(/C#N)C(=O)NCCc2ccccc2)cc1. The topological polar surface area (TPSA) is 73.2 Å². The summed E-state index contributed by atoms with van der Waals surface area (Å²) in [5.74, 6) is -0.591. The highest BCUT2D eigenvalue weighted by Crippen LogP contribution is 2.42. The van der Waals surface area contributed by atoms with Crippen LogP contribution in [-0.2, 0) is 22.4 Å². The summed E-state index contributed by atoms with van der Waals surface area (Å²) in [4.78, 5) is 28.1. The summed E-state index contributed by atoms with van der Waals surface area (Å²) in [5.41, 5.74) is 4.95. The Morgan fingerprint density at radius 2 is 1.69 bits per heavy atom. The first-order chi connectivity index (χ1) is 17.0. The van der Waals surface area contributed by atoms with Crippen LogP contribution < -0.4 is 10.2 Å². The molecule has 0 aromatic heterocycles. The third-order valence-electron chi connectivity index (χ3n) is 5.84. The molecule has 0 radical (unpaired) electrons. The second kappa shape index (κ2) is 11.1. The van der Waals surface area contributed by atoms with Crippen LogP contribution in [0.4, 0.5) is 5.69 Å². The van der Waals surface area contributed by atoms with Gasteiger partial charge in [-0.1, -0.05) is 89.6 Å². The Morgan fingerprint density at radius 3 is 2.37 bits per heavy atom. The van der Waals surface area contributed by atoms with Crippen molar-refractivity contribution in [3.63, 3.8) is 0 Å². The summed E-state index contributed by atoms with van der Waals surface area (Å²) in [6.45, 7) is 4.39. The molecule has 1 heterocycles. The Morgan fingerprint density at radius 1 is 0.971 bits per heavy atom. The van der Waals surface area contributed by atoms with Crippen LogP contribution in [0.1, 0.15) is 22.3 Å². The normalized spacial score (nSPS) is 16.7. The third-order valence-corrected chi connectivity index (χ3v) is 7.11. The van der Waals surface area contributed by atoms with Crippen LogP contribution in [0.5, 0.6) is 0 Å². The number of nitrogens with one attached hydrogen (secondary N) is 1. The van der Waals surface area contributed by atoms with Crippen LogP contribution in [0, 0.1) is 25.2 Å². The van der Waals surface area contributed by atoms with Crippen LogP contribution >= 0.6 is 11.8 Å². The molecule has 3 aromatic rings. The molecule has 0 aliphatic carbocycles. The highest BCUT2D eigenvalue weighted by molar-refractivity contribution is 8.05.